The minimum atomic E-state index is 0.444. The van der Waals surface area contributed by atoms with Gasteiger partial charge in [-0.25, -0.2) is 15.0 Å². The molecule has 6 N–H and O–H groups in total. The van der Waals surface area contributed by atoms with Gasteiger partial charge in [-0.1, -0.05) is 0 Å². The van der Waals surface area contributed by atoms with E-state index in [1.165, 1.54) is 12.7 Å². The largest absolute Gasteiger partial charge is 0.399 e. The van der Waals surface area contributed by atoms with Crippen LogP contribution in [0.3, 0.4) is 0 Å². The van der Waals surface area contributed by atoms with Crippen molar-refractivity contribution in [1.29, 1.82) is 0 Å². The fourth-order valence-electron chi connectivity index (χ4n) is 1.34. The molecule has 0 radical (unpaired) electrons. The molecule has 0 aliphatic carbocycles. The summed E-state index contributed by atoms with van der Waals surface area (Å²) >= 11 is 0. The number of nitrogens with two attached hydrogens (primary N) is 3. The lowest BCUT2D eigenvalue weighted by Crippen LogP contribution is -2.01. The van der Waals surface area contributed by atoms with Crippen molar-refractivity contribution in [2.24, 2.45) is 0 Å². The van der Waals surface area contributed by atoms with E-state index in [-0.39, 0.29) is 0 Å². The molecule has 6 nitrogen and oxygen atoms in total. The highest BCUT2D eigenvalue weighted by Crippen LogP contribution is 2.30. The highest BCUT2D eigenvalue weighted by Gasteiger charge is 2.10. The van der Waals surface area contributed by atoms with Gasteiger partial charge in [-0.05, 0) is 12.1 Å². The van der Waals surface area contributed by atoms with Crippen LogP contribution in [-0.4, -0.2) is 15.0 Å². The Hall–Kier alpha value is -2.37. The minimum Gasteiger partial charge on any atom is -0.399 e. The molecule has 76 valence electrons. The molecule has 0 bridgehead atoms. The summed E-state index contributed by atoms with van der Waals surface area (Å²) < 4.78 is 0. The van der Waals surface area contributed by atoms with Crippen molar-refractivity contribution >= 4 is 17.1 Å². The average Bonchev–Trinajstić information content (AvgIpc) is 2.17. The number of hydrogen-bond donors (Lipinski definition) is 3. The lowest BCUT2D eigenvalue weighted by Gasteiger charge is -2.08. The molecule has 2 rings (SSSR count). The summed E-state index contributed by atoms with van der Waals surface area (Å²) in [7, 11) is 0. The van der Waals surface area contributed by atoms with Gasteiger partial charge in [0.2, 0.25) is 0 Å². The van der Waals surface area contributed by atoms with Crippen molar-refractivity contribution in [2.45, 2.75) is 0 Å². The van der Waals surface area contributed by atoms with Crippen LogP contribution in [0.15, 0.2) is 24.8 Å². The molecule has 1 aromatic heterocycles. The van der Waals surface area contributed by atoms with Crippen molar-refractivity contribution in [3.63, 3.8) is 0 Å². The first-order valence-corrected chi connectivity index (χ1v) is 4.25. The second-order valence-corrected chi connectivity index (χ2v) is 3.04. The second kappa shape index (κ2) is 3.41. The number of benzene rings is 1. The van der Waals surface area contributed by atoms with Crippen LogP contribution in [0.4, 0.5) is 17.1 Å². The van der Waals surface area contributed by atoms with Gasteiger partial charge in [0.25, 0.3) is 0 Å². The van der Waals surface area contributed by atoms with Crippen molar-refractivity contribution in [1.82, 2.24) is 15.0 Å². The molecule has 0 spiro atoms. The predicted octanol–water partition coefficient (Wildman–Crippen LogP) is 0.285. The van der Waals surface area contributed by atoms with Crippen molar-refractivity contribution in [2.75, 3.05) is 17.2 Å². The third-order valence-corrected chi connectivity index (χ3v) is 1.94. The Kier molecular flexibility index (Phi) is 2.09. The number of hydrogen-bond acceptors (Lipinski definition) is 6. The Balaban J connectivity index is 2.64. The zero-order valence-corrected chi connectivity index (χ0v) is 7.88. The Labute approximate surface area is 86.2 Å². The summed E-state index contributed by atoms with van der Waals surface area (Å²) in [5.41, 5.74) is 19.2. The fourth-order valence-corrected chi connectivity index (χ4v) is 1.34. The van der Waals surface area contributed by atoms with Crippen LogP contribution in [-0.2, 0) is 0 Å². The highest BCUT2D eigenvalue weighted by molar-refractivity contribution is 5.85. The number of nitrogens with zero attached hydrogens (tertiary/aromatic N) is 3. The van der Waals surface area contributed by atoms with Gasteiger partial charge < -0.3 is 17.2 Å². The van der Waals surface area contributed by atoms with Crippen LogP contribution >= 0.6 is 0 Å². The summed E-state index contributed by atoms with van der Waals surface area (Å²) in [5, 5.41) is 0. The van der Waals surface area contributed by atoms with Gasteiger partial charge in [0.05, 0.1) is 5.56 Å². The molecule has 2 aromatic rings. The van der Waals surface area contributed by atoms with Gasteiger partial charge in [-0.2, -0.15) is 0 Å². The third kappa shape index (κ3) is 1.64. The molecule has 0 saturated carbocycles. The number of aromatic nitrogens is 3. The molecule has 0 aliphatic heterocycles. The fraction of sp³-hybridized carbons (Fsp3) is 0. The average molecular weight is 202 g/mol. The third-order valence-electron chi connectivity index (χ3n) is 1.94. The Morgan fingerprint density at radius 2 is 1.40 bits per heavy atom. The topological polar surface area (TPSA) is 117 Å². The van der Waals surface area contributed by atoms with Crippen LogP contribution < -0.4 is 17.2 Å². The molecular weight excluding hydrogens is 192 g/mol. The first kappa shape index (κ1) is 9.20. The van der Waals surface area contributed by atoms with Crippen LogP contribution in [0.25, 0.3) is 11.4 Å². The van der Waals surface area contributed by atoms with E-state index in [2.05, 4.69) is 15.0 Å². The van der Waals surface area contributed by atoms with Crippen LogP contribution in [0.5, 0.6) is 0 Å². The van der Waals surface area contributed by atoms with Gasteiger partial charge in [0.1, 0.15) is 12.7 Å². The van der Waals surface area contributed by atoms with Gasteiger partial charge >= 0.3 is 0 Å². The maximum Gasteiger partial charge on any atom is 0.166 e. The molecule has 0 fully saturated rings. The van der Waals surface area contributed by atoms with E-state index in [1.54, 1.807) is 12.1 Å². The molecule has 0 atom stereocenters. The Bertz CT molecular complexity index is 458. The van der Waals surface area contributed by atoms with Crippen LogP contribution in [0, 0.1) is 0 Å². The molecule has 15 heavy (non-hydrogen) atoms. The normalized spacial score (nSPS) is 10.1. The molecular formula is C9H10N6. The van der Waals surface area contributed by atoms with E-state index in [0.717, 1.165) is 0 Å². The minimum absolute atomic E-state index is 0.444. The standard InChI is InChI=1S/C9H10N6/c10-5-1-6(11)8(7(12)2-5)9-14-3-13-4-15-9/h1-4H,10-12H2. The van der Waals surface area contributed by atoms with Gasteiger partial charge in [-0.3, -0.25) is 0 Å². The van der Waals surface area contributed by atoms with E-state index in [0.29, 0.717) is 28.5 Å². The van der Waals surface area contributed by atoms with Gasteiger partial charge in [0, 0.05) is 17.1 Å². The zero-order valence-electron chi connectivity index (χ0n) is 7.88. The highest BCUT2D eigenvalue weighted by atomic mass is 15.0. The zero-order chi connectivity index (χ0) is 10.8. The van der Waals surface area contributed by atoms with Crippen molar-refractivity contribution in [3.05, 3.63) is 24.8 Å². The molecule has 0 aliphatic rings. The first-order chi connectivity index (χ1) is 7.18. The lowest BCUT2D eigenvalue weighted by molar-refractivity contribution is 1.06. The quantitative estimate of drug-likeness (QED) is 0.572. The molecule has 0 unspecified atom stereocenters. The maximum atomic E-state index is 5.79. The number of rotatable bonds is 1. The summed E-state index contributed by atoms with van der Waals surface area (Å²) in [6, 6.07) is 3.24. The monoisotopic (exact) mass is 202 g/mol. The molecule has 0 amide bonds. The summed E-state index contributed by atoms with van der Waals surface area (Å²) in [5.74, 6) is 0.444. The predicted molar refractivity (Wildman–Crippen MR) is 58.5 cm³/mol. The molecule has 0 saturated heterocycles. The van der Waals surface area contributed by atoms with Crippen LogP contribution in [0.1, 0.15) is 0 Å². The van der Waals surface area contributed by atoms with E-state index >= 15 is 0 Å². The van der Waals surface area contributed by atoms with Crippen LogP contribution in [0.2, 0.25) is 0 Å². The van der Waals surface area contributed by atoms with E-state index in [4.69, 9.17) is 17.2 Å². The lowest BCUT2D eigenvalue weighted by atomic mass is 10.1. The summed E-state index contributed by atoms with van der Waals surface area (Å²) in [6.07, 6.45) is 2.77. The Morgan fingerprint density at radius 1 is 0.867 bits per heavy atom. The number of anilines is 3. The smallest absolute Gasteiger partial charge is 0.166 e. The molecule has 6 heteroatoms. The maximum absolute atomic E-state index is 5.79. The SMILES string of the molecule is Nc1cc(N)c(-c2ncncn2)c(N)c1. The second-order valence-electron chi connectivity index (χ2n) is 3.04. The van der Waals surface area contributed by atoms with Crippen molar-refractivity contribution < 1.29 is 0 Å². The van der Waals surface area contributed by atoms with E-state index < -0.39 is 0 Å². The number of nitrogen functional groups attached to an aromatic ring is 3. The Morgan fingerprint density at radius 3 is 1.93 bits per heavy atom. The van der Waals surface area contributed by atoms with E-state index in [9.17, 15) is 0 Å². The van der Waals surface area contributed by atoms with Crippen molar-refractivity contribution in [3.8, 4) is 11.4 Å². The van der Waals surface area contributed by atoms with Gasteiger partial charge in [-0.15, -0.1) is 0 Å². The first-order valence-electron chi connectivity index (χ1n) is 4.25. The van der Waals surface area contributed by atoms with Gasteiger partial charge in [0.15, 0.2) is 5.82 Å². The molecule has 1 heterocycles. The molecule has 1 aromatic carbocycles. The summed E-state index contributed by atoms with van der Waals surface area (Å²) in [4.78, 5) is 11.7. The summed E-state index contributed by atoms with van der Waals surface area (Å²) in [6.45, 7) is 0. The van der Waals surface area contributed by atoms with E-state index in [1.807, 2.05) is 0 Å².